The molecule has 0 amide bonds. The second kappa shape index (κ2) is 6.64. The van der Waals surface area contributed by atoms with Crippen LogP contribution in [0, 0.1) is 5.82 Å². The van der Waals surface area contributed by atoms with Gasteiger partial charge in [0.25, 0.3) is 0 Å². The molecule has 1 aliphatic rings. The van der Waals surface area contributed by atoms with Gasteiger partial charge in [0.2, 0.25) is 0 Å². The number of aliphatic imine (C=N–C) groups is 1. The number of hydrogen-bond donors (Lipinski definition) is 2. The van der Waals surface area contributed by atoms with E-state index >= 15 is 0 Å². The predicted molar refractivity (Wildman–Crippen MR) is 84.2 cm³/mol. The molecule has 0 bridgehead atoms. The third kappa shape index (κ3) is 3.47. The van der Waals surface area contributed by atoms with Crippen molar-refractivity contribution in [3.63, 3.8) is 0 Å². The third-order valence-corrected chi connectivity index (χ3v) is 4.05. The summed E-state index contributed by atoms with van der Waals surface area (Å²) in [6, 6.07) is 11.0. The van der Waals surface area contributed by atoms with Gasteiger partial charge < -0.3 is 15.1 Å². The van der Waals surface area contributed by atoms with Gasteiger partial charge in [-0.3, -0.25) is 4.99 Å². The number of nitrogens with zero attached hydrogens (tertiary/aromatic N) is 1. The summed E-state index contributed by atoms with van der Waals surface area (Å²) in [4.78, 5) is 4.22. The van der Waals surface area contributed by atoms with Crippen LogP contribution in [0.1, 0.15) is 30.1 Å². The van der Waals surface area contributed by atoms with Crippen LogP contribution in [0.15, 0.2) is 52.1 Å². The standard InChI is InChI=1S/C17H20FN3O/c1-19-17(20-11-16-3-2-8-22-16)21-15-9-13(10-15)12-4-6-14(18)7-5-12/h2-8,13,15H,9-11H2,1H3,(H2,19,20,21). The fourth-order valence-corrected chi connectivity index (χ4v) is 2.71. The topological polar surface area (TPSA) is 49.6 Å². The van der Waals surface area contributed by atoms with E-state index < -0.39 is 0 Å². The quantitative estimate of drug-likeness (QED) is 0.674. The van der Waals surface area contributed by atoms with Gasteiger partial charge in [0.1, 0.15) is 11.6 Å². The molecule has 3 rings (SSSR count). The van der Waals surface area contributed by atoms with E-state index in [0.717, 1.165) is 24.6 Å². The number of hydrogen-bond acceptors (Lipinski definition) is 2. The summed E-state index contributed by atoms with van der Waals surface area (Å²) in [6.07, 6.45) is 3.73. The highest BCUT2D eigenvalue weighted by Gasteiger charge is 2.30. The van der Waals surface area contributed by atoms with Crippen LogP contribution >= 0.6 is 0 Å². The van der Waals surface area contributed by atoms with Crippen molar-refractivity contribution < 1.29 is 8.81 Å². The Morgan fingerprint density at radius 1 is 1.27 bits per heavy atom. The summed E-state index contributed by atoms with van der Waals surface area (Å²) in [5.74, 6) is 1.97. The maximum absolute atomic E-state index is 12.9. The van der Waals surface area contributed by atoms with Crippen LogP contribution in [0.5, 0.6) is 0 Å². The van der Waals surface area contributed by atoms with E-state index in [2.05, 4.69) is 15.6 Å². The second-order valence-electron chi connectivity index (χ2n) is 5.57. The van der Waals surface area contributed by atoms with Crippen molar-refractivity contribution in [2.24, 2.45) is 4.99 Å². The van der Waals surface area contributed by atoms with E-state index in [9.17, 15) is 4.39 Å². The highest BCUT2D eigenvalue weighted by molar-refractivity contribution is 5.80. The zero-order valence-electron chi connectivity index (χ0n) is 12.6. The van der Waals surface area contributed by atoms with Crippen LogP contribution in [-0.2, 0) is 6.54 Å². The highest BCUT2D eigenvalue weighted by Crippen LogP contribution is 2.36. The molecule has 0 spiro atoms. The largest absolute Gasteiger partial charge is 0.467 e. The smallest absolute Gasteiger partial charge is 0.191 e. The Kier molecular flexibility index (Phi) is 4.42. The molecule has 2 N–H and O–H groups in total. The maximum atomic E-state index is 12.9. The maximum Gasteiger partial charge on any atom is 0.191 e. The lowest BCUT2D eigenvalue weighted by Crippen LogP contribution is -2.48. The molecule has 0 unspecified atom stereocenters. The van der Waals surface area contributed by atoms with Crippen LogP contribution in [-0.4, -0.2) is 19.0 Å². The van der Waals surface area contributed by atoms with Crippen LogP contribution in [0.2, 0.25) is 0 Å². The lowest BCUT2D eigenvalue weighted by atomic mass is 9.76. The van der Waals surface area contributed by atoms with Crippen molar-refractivity contribution in [2.45, 2.75) is 31.3 Å². The third-order valence-electron chi connectivity index (χ3n) is 4.05. The van der Waals surface area contributed by atoms with Gasteiger partial charge in [-0.2, -0.15) is 0 Å². The summed E-state index contributed by atoms with van der Waals surface area (Å²) >= 11 is 0. The molecule has 0 saturated heterocycles. The molecule has 2 aromatic rings. The molecule has 116 valence electrons. The minimum absolute atomic E-state index is 0.180. The first kappa shape index (κ1) is 14.6. The van der Waals surface area contributed by atoms with E-state index in [1.165, 1.54) is 17.7 Å². The summed E-state index contributed by atoms with van der Waals surface area (Å²) in [5.41, 5.74) is 1.21. The van der Waals surface area contributed by atoms with E-state index in [1.54, 1.807) is 13.3 Å². The van der Waals surface area contributed by atoms with Gasteiger partial charge in [-0.15, -0.1) is 0 Å². The molecule has 1 fully saturated rings. The van der Waals surface area contributed by atoms with Crippen LogP contribution in [0.4, 0.5) is 4.39 Å². The number of furan rings is 1. The monoisotopic (exact) mass is 301 g/mol. The van der Waals surface area contributed by atoms with Crippen LogP contribution in [0.25, 0.3) is 0 Å². The summed E-state index contributed by atoms with van der Waals surface area (Å²) in [5, 5.41) is 6.63. The Morgan fingerprint density at radius 2 is 2.05 bits per heavy atom. The Hall–Kier alpha value is -2.30. The summed E-state index contributed by atoms with van der Waals surface area (Å²) < 4.78 is 18.2. The lowest BCUT2D eigenvalue weighted by molar-refractivity contribution is 0.321. The zero-order chi connectivity index (χ0) is 15.4. The normalized spacial score (nSPS) is 21.3. The number of rotatable bonds is 4. The molecule has 1 aliphatic carbocycles. The van der Waals surface area contributed by atoms with Gasteiger partial charge in [0.15, 0.2) is 5.96 Å². The molecule has 1 aromatic heterocycles. The molecule has 1 heterocycles. The van der Waals surface area contributed by atoms with E-state index in [0.29, 0.717) is 18.5 Å². The van der Waals surface area contributed by atoms with Crippen molar-refractivity contribution in [3.8, 4) is 0 Å². The molecular formula is C17H20FN3O. The van der Waals surface area contributed by atoms with Gasteiger partial charge in [-0.05, 0) is 48.6 Å². The molecule has 22 heavy (non-hydrogen) atoms. The van der Waals surface area contributed by atoms with E-state index in [-0.39, 0.29) is 5.82 Å². The number of benzene rings is 1. The van der Waals surface area contributed by atoms with Crippen molar-refractivity contribution in [3.05, 3.63) is 59.8 Å². The van der Waals surface area contributed by atoms with E-state index in [1.807, 2.05) is 24.3 Å². The molecule has 1 aromatic carbocycles. The lowest BCUT2D eigenvalue weighted by Gasteiger charge is -2.37. The van der Waals surface area contributed by atoms with Crippen LogP contribution in [0.3, 0.4) is 0 Å². The Morgan fingerprint density at radius 3 is 2.68 bits per heavy atom. The predicted octanol–water partition coefficient (Wildman–Crippen LogP) is 3.03. The first-order valence-corrected chi connectivity index (χ1v) is 7.49. The van der Waals surface area contributed by atoms with E-state index in [4.69, 9.17) is 4.42 Å². The summed E-state index contributed by atoms with van der Waals surface area (Å²) in [7, 11) is 1.76. The first-order valence-electron chi connectivity index (χ1n) is 7.49. The average Bonchev–Trinajstić information content (AvgIpc) is 3.00. The van der Waals surface area contributed by atoms with Gasteiger partial charge in [-0.1, -0.05) is 12.1 Å². The van der Waals surface area contributed by atoms with Crippen molar-refractivity contribution in [1.82, 2.24) is 10.6 Å². The minimum atomic E-state index is -0.180. The van der Waals surface area contributed by atoms with Crippen molar-refractivity contribution in [1.29, 1.82) is 0 Å². The highest BCUT2D eigenvalue weighted by atomic mass is 19.1. The van der Waals surface area contributed by atoms with Gasteiger partial charge in [-0.25, -0.2) is 4.39 Å². The molecular weight excluding hydrogens is 281 g/mol. The summed E-state index contributed by atoms with van der Waals surface area (Å²) in [6.45, 7) is 0.612. The fraction of sp³-hybridized carbons (Fsp3) is 0.353. The van der Waals surface area contributed by atoms with Gasteiger partial charge in [0, 0.05) is 13.1 Å². The number of guanidine groups is 1. The molecule has 4 nitrogen and oxygen atoms in total. The Bertz CT molecular complexity index is 616. The second-order valence-corrected chi connectivity index (χ2v) is 5.57. The van der Waals surface area contributed by atoms with Gasteiger partial charge >= 0.3 is 0 Å². The Labute approximate surface area is 129 Å². The SMILES string of the molecule is CN=C(NCc1ccco1)NC1CC(c2ccc(F)cc2)C1. The number of nitrogens with one attached hydrogen (secondary N) is 2. The molecule has 5 heteroatoms. The molecule has 0 aliphatic heterocycles. The molecule has 0 radical (unpaired) electrons. The van der Waals surface area contributed by atoms with Gasteiger partial charge in [0.05, 0.1) is 12.8 Å². The minimum Gasteiger partial charge on any atom is -0.467 e. The van der Waals surface area contributed by atoms with Crippen molar-refractivity contribution >= 4 is 5.96 Å². The van der Waals surface area contributed by atoms with Crippen molar-refractivity contribution in [2.75, 3.05) is 7.05 Å². The zero-order valence-corrected chi connectivity index (χ0v) is 12.6. The number of halogens is 1. The molecule has 1 saturated carbocycles. The average molecular weight is 301 g/mol. The Balaban J connectivity index is 1.45. The first-order chi connectivity index (χ1) is 10.7. The van der Waals surface area contributed by atoms with Crippen LogP contribution < -0.4 is 10.6 Å². The molecule has 0 atom stereocenters. The fourth-order valence-electron chi connectivity index (χ4n) is 2.71.